The molecule has 5 aromatic rings. The maximum absolute atomic E-state index is 14.0. The maximum Gasteiger partial charge on any atom is 0.240 e. The molecule has 224 valence electrons. The van der Waals surface area contributed by atoms with Gasteiger partial charge >= 0.3 is 0 Å². The number of nitrogens with one attached hydrogen (secondary N) is 1. The van der Waals surface area contributed by atoms with E-state index in [1.54, 1.807) is 42.2 Å². The van der Waals surface area contributed by atoms with Crippen molar-refractivity contribution in [2.75, 3.05) is 31.4 Å². The van der Waals surface area contributed by atoms with Crippen LogP contribution in [0, 0.1) is 6.92 Å². The molecule has 44 heavy (non-hydrogen) atoms. The van der Waals surface area contributed by atoms with Gasteiger partial charge in [-0.2, -0.15) is 5.10 Å². The van der Waals surface area contributed by atoms with Crippen LogP contribution in [0.1, 0.15) is 27.7 Å². The van der Waals surface area contributed by atoms with Crippen LogP contribution in [-0.4, -0.2) is 48.1 Å². The SMILES string of the molecule is COc1ccc(C2SCC(=O)N(CC(=O)NCc3ccco3)c3c2c(-c2ccccc2)nn3-c2ccc(C)cc2)cc1OC. The van der Waals surface area contributed by atoms with Crippen LogP contribution in [0.3, 0.4) is 0 Å². The number of ether oxygens (including phenoxy) is 2. The van der Waals surface area contributed by atoms with E-state index in [1.165, 1.54) is 11.8 Å². The number of hydrogen-bond acceptors (Lipinski definition) is 7. The van der Waals surface area contributed by atoms with E-state index in [0.717, 1.165) is 33.6 Å². The van der Waals surface area contributed by atoms with Crippen molar-refractivity contribution in [3.05, 3.63) is 114 Å². The second-order valence-corrected chi connectivity index (χ2v) is 11.4. The summed E-state index contributed by atoms with van der Waals surface area (Å²) < 4.78 is 18.3. The fourth-order valence-corrected chi connectivity index (χ4v) is 6.46. The number of thioether (sulfide) groups is 1. The zero-order valence-electron chi connectivity index (χ0n) is 24.7. The molecule has 1 aliphatic rings. The molecule has 0 bridgehead atoms. The zero-order valence-corrected chi connectivity index (χ0v) is 25.5. The first-order chi connectivity index (χ1) is 21.5. The highest BCUT2D eigenvalue weighted by atomic mass is 32.2. The number of aromatic nitrogens is 2. The molecule has 3 heterocycles. The summed E-state index contributed by atoms with van der Waals surface area (Å²) in [4.78, 5) is 28.8. The number of amides is 2. The Morgan fingerprint density at radius 3 is 2.48 bits per heavy atom. The van der Waals surface area contributed by atoms with Crippen LogP contribution in [0.25, 0.3) is 16.9 Å². The minimum absolute atomic E-state index is 0.154. The molecule has 0 aliphatic carbocycles. The van der Waals surface area contributed by atoms with Crippen molar-refractivity contribution in [1.82, 2.24) is 15.1 Å². The lowest BCUT2D eigenvalue weighted by molar-refractivity contribution is -0.123. The van der Waals surface area contributed by atoms with Crippen molar-refractivity contribution >= 4 is 29.4 Å². The van der Waals surface area contributed by atoms with E-state index < -0.39 is 0 Å². The number of rotatable bonds is 9. The molecular weight excluding hydrogens is 576 g/mol. The van der Waals surface area contributed by atoms with Gasteiger partial charge in [-0.1, -0.05) is 54.1 Å². The predicted octanol–water partition coefficient (Wildman–Crippen LogP) is 5.94. The number of nitrogens with zero attached hydrogens (tertiary/aromatic N) is 3. The van der Waals surface area contributed by atoms with Gasteiger partial charge in [-0.25, -0.2) is 4.68 Å². The summed E-state index contributed by atoms with van der Waals surface area (Å²) in [6, 6.07) is 27.2. The molecule has 0 saturated carbocycles. The van der Waals surface area contributed by atoms with Crippen molar-refractivity contribution in [3.63, 3.8) is 0 Å². The van der Waals surface area contributed by atoms with Gasteiger partial charge in [-0.15, -0.1) is 11.8 Å². The topological polar surface area (TPSA) is 98.8 Å². The minimum Gasteiger partial charge on any atom is -0.493 e. The van der Waals surface area contributed by atoms with Crippen LogP contribution in [0.15, 0.2) is 95.6 Å². The van der Waals surface area contributed by atoms with Gasteiger partial charge in [0.15, 0.2) is 11.5 Å². The molecule has 9 nitrogen and oxygen atoms in total. The summed E-state index contributed by atoms with van der Waals surface area (Å²) >= 11 is 1.49. The number of aryl methyl sites for hydroxylation is 1. The number of anilines is 1. The van der Waals surface area contributed by atoms with Crippen LogP contribution >= 0.6 is 11.8 Å². The van der Waals surface area contributed by atoms with E-state index >= 15 is 0 Å². The number of furan rings is 1. The van der Waals surface area contributed by atoms with Crippen molar-refractivity contribution < 1.29 is 23.5 Å². The van der Waals surface area contributed by atoms with Gasteiger partial charge in [0.1, 0.15) is 18.1 Å². The molecule has 1 aliphatic heterocycles. The summed E-state index contributed by atoms with van der Waals surface area (Å²) in [5.41, 5.74) is 5.26. The van der Waals surface area contributed by atoms with Gasteiger partial charge < -0.3 is 19.2 Å². The lowest BCUT2D eigenvalue weighted by Crippen LogP contribution is -2.42. The Labute approximate surface area is 259 Å². The van der Waals surface area contributed by atoms with Crippen molar-refractivity contribution in [1.29, 1.82) is 0 Å². The average Bonchev–Trinajstić information content (AvgIpc) is 3.69. The fraction of sp³-hybridized carbons (Fsp3) is 0.206. The third-order valence-corrected chi connectivity index (χ3v) is 8.72. The van der Waals surface area contributed by atoms with E-state index in [0.29, 0.717) is 23.1 Å². The van der Waals surface area contributed by atoms with Crippen molar-refractivity contribution in [3.8, 4) is 28.4 Å². The van der Waals surface area contributed by atoms with Gasteiger partial charge in [0.25, 0.3) is 0 Å². The molecule has 10 heteroatoms. The molecule has 3 aromatic carbocycles. The van der Waals surface area contributed by atoms with Gasteiger partial charge in [0, 0.05) is 11.1 Å². The van der Waals surface area contributed by atoms with E-state index in [9.17, 15) is 9.59 Å². The molecule has 0 spiro atoms. The lowest BCUT2D eigenvalue weighted by Gasteiger charge is -2.23. The fourth-order valence-electron chi connectivity index (χ4n) is 5.27. The van der Waals surface area contributed by atoms with Crippen molar-refractivity contribution in [2.24, 2.45) is 0 Å². The number of carbonyl (C=O) groups is 2. The predicted molar refractivity (Wildman–Crippen MR) is 170 cm³/mol. The Hall–Kier alpha value is -4.96. The van der Waals surface area contributed by atoms with E-state index in [-0.39, 0.29) is 35.9 Å². The molecule has 1 N–H and O–H groups in total. The zero-order chi connectivity index (χ0) is 30.6. The smallest absolute Gasteiger partial charge is 0.240 e. The Kier molecular flexibility index (Phi) is 8.42. The Morgan fingerprint density at radius 2 is 1.77 bits per heavy atom. The van der Waals surface area contributed by atoms with Crippen LogP contribution in [0.2, 0.25) is 0 Å². The normalized spacial score (nSPS) is 14.6. The van der Waals surface area contributed by atoms with Crippen LogP contribution in [0.5, 0.6) is 11.5 Å². The summed E-state index contributed by atoms with van der Waals surface area (Å²) in [6.07, 6.45) is 1.56. The molecule has 1 unspecified atom stereocenters. The summed E-state index contributed by atoms with van der Waals surface area (Å²) in [5, 5.41) is 7.72. The Bertz CT molecular complexity index is 1770. The molecule has 6 rings (SSSR count). The number of benzene rings is 3. The molecule has 2 aromatic heterocycles. The highest BCUT2D eigenvalue weighted by Crippen LogP contribution is 2.49. The monoisotopic (exact) mass is 608 g/mol. The lowest BCUT2D eigenvalue weighted by atomic mass is 9.99. The van der Waals surface area contributed by atoms with E-state index in [1.807, 2.05) is 79.7 Å². The third kappa shape index (κ3) is 5.80. The van der Waals surface area contributed by atoms with Gasteiger partial charge in [0.05, 0.1) is 49.4 Å². The highest BCUT2D eigenvalue weighted by Gasteiger charge is 2.38. The quantitative estimate of drug-likeness (QED) is 0.221. The molecular formula is C34H32N4O5S. The number of hydrogen-bond donors (Lipinski definition) is 1. The minimum atomic E-state index is -0.312. The molecule has 2 amide bonds. The summed E-state index contributed by atoms with van der Waals surface area (Å²) in [6.45, 7) is 2.06. The summed E-state index contributed by atoms with van der Waals surface area (Å²) in [5.74, 6) is 2.02. The van der Waals surface area contributed by atoms with Crippen LogP contribution in [-0.2, 0) is 16.1 Å². The first-order valence-corrected chi connectivity index (χ1v) is 15.2. The van der Waals surface area contributed by atoms with Gasteiger partial charge in [0.2, 0.25) is 11.8 Å². The first-order valence-electron chi connectivity index (χ1n) is 14.1. The molecule has 1 atom stereocenters. The van der Waals surface area contributed by atoms with E-state index in [4.69, 9.17) is 19.0 Å². The molecule has 0 radical (unpaired) electrons. The number of methoxy groups -OCH3 is 2. The van der Waals surface area contributed by atoms with Crippen LogP contribution < -0.4 is 19.7 Å². The van der Waals surface area contributed by atoms with Gasteiger partial charge in [-0.05, 0) is 48.9 Å². The first kappa shape index (κ1) is 29.1. The number of carbonyl (C=O) groups excluding carboxylic acids is 2. The van der Waals surface area contributed by atoms with Crippen LogP contribution in [0.4, 0.5) is 5.82 Å². The third-order valence-electron chi connectivity index (χ3n) is 7.47. The largest absolute Gasteiger partial charge is 0.493 e. The molecule has 0 fully saturated rings. The van der Waals surface area contributed by atoms with Gasteiger partial charge in [-0.3, -0.25) is 14.5 Å². The highest BCUT2D eigenvalue weighted by molar-refractivity contribution is 8.00. The Morgan fingerprint density at radius 1 is 1.00 bits per heavy atom. The average molecular weight is 609 g/mol. The standard InChI is InChI=1S/C34H32N4O5S/c1-22-11-14-25(15-12-22)38-34-31(32(36-38)23-8-5-4-6-9-23)33(24-13-16-27(41-2)28(18-24)42-3)44-21-30(40)37(34)20-29(39)35-19-26-10-7-17-43-26/h4-18,33H,19-21H2,1-3H3,(H,35,39). The summed E-state index contributed by atoms with van der Waals surface area (Å²) in [7, 11) is 3.20. The molecule has 0 saturated heterocycles. The van der Waals surface area contributed by atoms with E-state index in [2.05, 4.69) is 5.32 Å². The number of fused-ring (bicyclic) bond motifs is 1. The second kappa shape index (κ2) is 12.7. The van der Waals surface area contributed by atoms with Crippen molar-refractivity contribution in [2.45, 2.75) is 18.7 Å². The second-order valence-electron chi connectivity index (χ2n) is 10.3. The maximum atomic E-state index is 14.0. The Balaban J connectivity index is 1.54.